The van der Waals surface area contributed by atoms with Crippen LogP contribution in [0.2, 0.25) is 0 Å². The van der Waals surface area contributed by atoms with Crippen molar-refractivity contribution in [1.82, 2.24) is 19.3 Å². The van der Waals surface area contributed by atoms with Gasteiger partial charge >= 0.3 is 6.36 Å². The van der Waals surface area contributed by atoms with E-state index in [0.29, 0.717) is 35.1 Å². The molecule has 0 saturated heterocycles. The normalized spacial score (nSPS) is 13.9. The lowest BCUT2D eigenvalue weighted by molar-refractivity contribution is -0.274. The molecule has 0 bridgehead atoms. The number of nitrogens with zero attached hydrogens (tertiary/aromatic N) is 6. The van der Waals surface area contributed by atoms with Gasteiger partial charge in [-0.05, 0) is 23.8 Å². The molecular formula is C20H15F3N6O2S. The topological polar surface area (TPSA) is 86.7 Å². The van der Waals surface area contributed by atoms with Gasteiger partial charge in [0, 0.05) is 18.9 Å². The number of hydrogen-bond donors (Lipinski definition) is 0. The molecule has 4 aromatic rings. The van der Waals surface area contributed by atoms with Crippen molar-refractivity contribution in [1.29, 1.82) is 0 Å². The van der Waals surface area contributed by atoms with Gasteiger partial charge in [0.2, 0.25) is 0 Å². The second-order valence-corrected chi connectivity index (χ2v) is 8.26. The average Bonchev–Trinajstić information content (AvgIpc) is 3.43. The quantitative estimate of drug-likeness (QED) is 0.447. The first-order valence-corrected chi connectivity index (χ1v) is 10.4. The van der Waals surface area contributed by atoms with Crippen LogP contribution >= 0.6 is 11.3 Å². The molecule has 12 heteroatoms. The van der Waals surface area contributed by atoms with Crippen molar-refractivity contribution in [3.63, 3.8) is 0 Å². The number of aryl methyl sites for hydroxylation is 1. The number of hydrogen-bond acceptors (Lipinski definition) is 7. The molecule has 0 N–H and O–H groups in total. The van der Waals surface area contributed by atoms with E-state index in [0.717, 1.165) is 15.4 Å². The van der Waals surface area contributed by atoms with Crippen LogP contribution in [0.1, 0.15) is 10.6 Å². The van der Waals surface area contributed by atoms with Gasteiger partial charge in [0.25, 0.3) is 5.56 Å². The molecular weight excluding hydrogens is 445 g/mol. The Balaban J connectivity index is 1.49. The summed E-state index contributed by atoms with van der Waals surface area (Å²) in [4.78, 5) is 17.8. The van der Waals surface area contributed by atoms with E-state index < -0.39 is 6.36 Å². The molecule has 0 atom stereocenters. The number of aromatic nitrogens is 4. The SMILES string of the molecule is Cn1c2nc(CC3=CCN=N3)sc2c2cnn(Cc3cccc(OC(F)(F)F)c3)c(=O)c21. The number of alkyl halides is 3. The van der Waals surface area contributed by atoms with Crippen LogP contribution in [0, 0.1) is 0 Å². The maximum atomic E-state index is 13.1. The summed E-state index contributed by atoms with van der Waals surface area (Å²) in [5.74, 6) is -0.350. The van der Waals surface area contributed by atoms with E-state index >= 15 is 0 Å². The van der Waals surface area contributed by atoms with Gasteiger partial charge in [0.1, 0.15) is 16.3 Å². The van der Waals surface area contributed by atoms with E-state index in [9.17, 15) is 18.0 Å². The van der Waals surface area contributed by atoms with Crippen LogP contribution in [0.15, 0.2) is 57.3 Å². The minimum atomic E-state index is -4.79. The summed E-state index contributed by atoms with van der Waals surface area (Å²) < 4.78 is 45.2. The number of fused-ring (bicyclic) bond motifs is 3. The van der Waals surface area contributed by atoms with Crippen molar-refractivity contribution in [2.24, 2.45) is 17.3 Å². The van der Waals surface area contributed by atoms with Gasteiger partial charge in [-0.25, -0.2) is 9.67 Å². The highest BCUT2D eigenvalue weighted by Crippen LogP contribution is 2.32. The van der Waals surface area contributed by atoms with Gasteiger partial charge in [-0.3, -0.25) is 4.79 Å². The fraction of sp³-hybridized carbons (Fsp3) is 0.250. The highest BCUT2D eigenvalue weighted by Gasteiger charge is 2.31. The first kappa shape index (κ1) is 20.4. The van der Waals surface area contributed by atoms with Crippen molar-refractivity contribution < 1.29 is 17.9 Å². The van der Waals surface area contributed by atoms with Crippen molar-refractivity contribution in [2.45, 2.75) is 19.3 Å². The van der Waals surface area contributed by atoms with Crippen molar-refractivity contribution in [3.8, 4) is 5.75 Å². The molecule has 8 nitrogen and oxygen atoms in total. The number of thiazole rings is 1. The van der Waals surface area contributed by atoms with Crippen molar-refractivity contribution in [2.75, 3.05) is 6.54 Å². The molecule has 32 heavy (non-hydrogen) atoms. The minimum Gasteiger partial charge on any atom is -0.406 e. The largest absolute Gasteiger partial charge is 0.573 e. The molecule has 0 spiro atoms. The van der Waals surface area contributed by atoms with Crippen molar-refractivity contribution >= 4 is 32.6 Å². The van der Waals surface area contributed by atoms with Gasteiger partial charge in [-0.2, -0.15) is 15.3 Å². The van der Waals surface area contributed by atoms with E-state index in [1.54, 1.807) is 23.9 Å². The molecule has 1 aliphatic rings. The molecule has 5 rings (SSSR count). The predicted molar refractivity (Wildman–Crippen MR) is 112 cm³/mol. The lowest BCUT2D eigenvalue weighted by Gasteiger charge is -2.10. The molecule has 1 aliphatic heterocycles. The second-order valence-electron chi connectivity index (χ2n) is 7.18. The van der Waals surface area contributed by atoms with E-state index in [4.69, 9.17) is 0 Å². The standard InChI is InChI=1S/C20H15F3N6O2S/c1-28-16-14(17-18(28)26-15(32-17)8-12-5-6-24-27-12)9-25-29(19(16)30)10-11-3-2-4-13(7-11)31-20(21,22)23/h2-5,7,9H,6,8,10H2,1H3. The lowest BCUT2D eigenvalue weighted by Crippen LogP contribution is -2.24. The molecule has 1 aromatic carbocycles. The lowest BCUT2D eigenvalue weighted by atomic mass is 10.2. The highest BCUT2D eigenvalue weighted by molar-refractivity contribution is 7.19. The molecule has 4 heterocycles. The summed E-state index contributed by atoms with van der Waals surface area (Å²) >= 11 is 1.47. The molecule has 0 fully saturated rings. The minimum absolute atomic E-state index is 0.000493. The van der Waals surface area contributed by atoms with Gasteiger partial charge in [-0.1, -0.05) is 12.1 Å². The first-order chi connectivity index (χ1) is 15.3. The van der Waals surface area contributed by atoms with Crippen LogP contribution in [-0.4, -0.2) is 32.2 Å². The third-order valence-corrected chi connectivity index (χ3v) is 6.05. The smallest absolute Gasteiger partial charge is 0.406 e. The van der Waals surface area contributed by atoms with E-state index in [1.807, 2.05) is 6.08 Å². The maximum absolute atomic E-state index is 13.1. The fourth-order valence-electron chi connectivity index (χ4n) is 3.62. The monoisotopic (exact) mass is 460 g/mol. The zero-order chi connectivity index (χ0) is 22.5. The van der Waals surface area contributed by atoms with E-state index in [-0.39, 0.29) is 17.9 Å². The molecule has 3 aromatic heterocycles. The number of benzene rings is 1. The van der Waals surface area contributed by atoms with Gasteiger partial charge in [-0.15, -0.1) is 24.5 Å². The van der Waals surface area contributed by atoms with E-state index in [1.165, 1.54) is 34.2 Å². The summed E-state index contributed by atoms with van der Waals surface area (Å²) in [5.41, 5.74) is 2.07. The molecule has 0 unspecified atom stereocenters. The Hall–Kier alpha value is -3.54. The number of ether oxygens (including phenoxy) is 1. The number of halogens is 3. The summed E-state index contributed by atoms with van der Waals surface area (Å²) in [5, 5.41) is 13.8. The van der Waals surface area contributed by atoms with Crippen LogP contribution in [0.3, 0.4) is 0 Å². The fourth-order valence-corrected chi connectivity index (χ4v) is 4.74. The summed E-state index contributed by atoms with van der Waals surface area (Å²) in [6, 6.07) is 5.48. The Kier molecular flexibility index (Phi) is 4.81. The zero-order valence-corrected chi connectivity index (χ0v) is 17.4. The third kappa shape index (κ3) is 3.77. The number of azo groups is 1. The first-order valence-electron chi connectivity index (χ1n) is 9.53. The highest BCUT2D eigenvalue weighted by atomic mass is 32.1. The van der Waals surface area contributed by atoms with Gasteiger partial charge in [0.05, 0.1) is 29.7 Å². The second kappa shape index (κ2) is 7.55. The van der Waals surface area contributed by atoms with Crippen LogP contribution in [-0.2, 0) is 20.0 Å². The predicted octanol–water partition coefficient (Wildman–Crippen LogP) is 4.18. The molecule has 0 radical (unpaired) electrons. The Labute approximate surface area is 182 Å². The Morgan fingerprint density at radius 1 is 1.28 bits per heavy atom. The van der Waals surface area contributed by atoms with Crippen LogP contribution in [0.25, 0.3) is 21.3 Å². The third-order valence-electron chi connectivity index (χ3n) is 4.97. The molecule has 0 amide bonds. The molecule has 0 saturated carbocycles. The Morgan fingerprint density at radius 3 is 2.88 bits per heavy atom. The Morgan fingerprint density at radius 2 is 2.12 bits per heavy atom. The number of allylic oxidation sites excluding steroid dienone is 1. The average molecular weight is 460 g/mol. The van der Waals surface area contributed by atoms with Gasteiger partial charge in [0.15, 0.2) is 5.65 Å². The van der Waals surface area contributed by atoms with Crippen LogP contribution in [0.4, 0.5) is 13.2 Å². The Bertz CT molecular complexity index is 1460. The van der Waals surface area contributed by atoms with Crippen LogP contribution < -0.4 is 10.3 Å². The summed E-state index contributed by atoms with van der Waals surface area (Å²) in [6.45, 7) is 0.582. The van der Waals surface area contributed by atoms with Crippen molar-refractivity contribution in [3.05, 3.63) is 63.2 Å². The van der Waals surface area contributed by atoms with Gasteiger partial charge < -0.3 is 9.30 Å². The number of rotatable bonds is 5. The summed E-state index contributed by atoms with van der Waals surface area (Å²) in [6.07, 6.45) is -0.680. The summed E-state index contributed by atoms with van der Waals surface area (Å²) in [7, 11) is 1.76. The van der Waals surface area contributed by atoms with Crippen LogP contribution in [0.5, 0.6) is 5.75 Å². The zero-order valence-electron chi connectivity index (χ0n) is 16.6. The maximum Gasteiger partial charge on any atom is 0.573 e. The molecule has 164 valence electrons. The van der Waals surface area contributed by atoms with E-state index in [2.05, 4.69) is 25.0 Å². The molecule has 0 aliphatic carbocycles.